The number of nitrogens with one attached hydrogen (secondary N) is 1. The Balaban J connectivity index is 1.50. The summed E-state index contributed by atoms with van der Waals surface area (Å²) >= 11 is 0. The molecule has 4 aliphatic rings. The SMILES string of the molecule is Cn1nc(C(=O)NC2C3CC4CC(C3)CC2C4)cc1C(F)(F)F. The number of amides is 1. The summed E-state index contributed by atoms with van der Waals surface area (Å²) in [5.74, 6) is 2.07. The van der Waals surface area contributed by atoms with E-state index < -0.39 is 17.8 Å². The first-order valence-electron chi connectivity index (χ1n) is 8.23. The number of alkyl halides is 3. The van der Waals surface area contributed by atoms with E-state index in [-0.39, 0.29) is 11.7 Å². The van der Waals surface area contributed by atoms with Crippen molar-refractivity contribution in [2.75, 3.05) is 0 Å². The summed E-state index contributed by atoms with van der Waals surface area (Å²) in [6.45, 7) is 0. The fourth-order valence-corrected chi connectivity index (χ4v) is 5.23. The van der Waals surface area contributed by atoms with Crippen molar-refractivity contribution in [3.63, 3.8) is 0 Å². The lowest BCUT2D eigenvalue weighted by Crippen LogP contribution is -2.55. The summed E-state index contributed by atoms with van der Waals surface area (Å²) in [5.41, 5.74) is -1.04. The van der Waals surface area contributed by atoms with Gasteiger partial charge in [0.05, 0.1) is 0 Å². The highest BCUT2D eigenvalue weighted by Gasteiger charge is 2.48. The van der Waals surface area contributed by atoms with Crippen molar-refractivity contribution >= 4 is 5.91 Å². The topological polar surface area (TPSA) is 46.9 Å². The molecule has 0 unspecified atom stereocenters. The van der Waals surface area contributed by atoms with Gasteiger partial charge in [0, 0.05) is 19.2 Å². The molecular formula is C16H20F3N3O. The monoisotopic (exact) mass is 327 g/mol. The smallest absolute Gasteiger partial charge is 0.347 e. The minimum atomic E-state index is -4.50. The molecule has 0 aromatic carbocycles. The molecule has 1 amide bonds. The lowest BCUT2D eigenvalue weighted by atomic mass is 9.54. The van der Waals surface area contributed by atoms with E-state index in [0.717, 1.165) is 48.3 Å². The molecule has 4 nitrogen and oxygen atoms in total. The van der Waals surface area contributed by atoms with E-state index in [4.69, 9.17) is 0 Å². The van der Waals surface area contributed by atoms with Crippen LogP contribution in [0.15, 0.2) is 6.07 Å². The fourth-order valence-electron chi connectivity index (χ4n) is 5.23. The second-order valence-corrected chi connectivity index (χ2v) is 7.47. The number of carbonyl (C=O) groups is 1. The average Bonchev–Trinajstić information content (AvgIpc) is 2.84. The molecule has 4 aliphatic carbocycles. The van der Waals surface area contributed by atoms with E-state index in [1.165, 1.54) is 13.5 Å². The molecule has 126 valence electrons. The standard InChI is InChI=1S/C16H20F3N3O/c1-22-13(16(17,18)19)7-12(21-22)15(23)20-14-10-3-8-2-9(5-10)6-11(14)4-8/h7-11,14H,2-6H2,1H3,(H,20,23). The van der Waals surface area contributed by atoms with Crippen molar-refractivity contribution in [3.05, 3.63) is 17.5 Å². The van der Waals surface area contributed by atoms with Gasteiger partial charge in [-0.3, -0.25) is 9.48 Å². The number of hydrogen-bond acceptors (Lipinski definition) is 2. The normalized spacial score (nSPS) is 35.6. The molecule has 4 saturated carbocycles. The first kappa shape index (κ1) is 15.0. The zero-order valence-electron chi connectivity index (χ0n) is 12.9. The maximum absolute atomic E-state index is 12.8. The van der Waals surface area contributed by atoms with Crippen LogP contribution < -0.4 is 5.32 Å². The van der Waals surface area contributed by atoms with E-state index >= 15 is 0 Å². The second-order valence-electron chi connectivity index (χ2n) is 7.47. The summed E-state index contributed by atoms with van der Waals surface area (Å²) in [5, 5.41) is 6.73. The molecular weight excluding hydrogens is 307 g/mol. The van der Waals surface area contributed by atoms with E-state index in [9.17, 15) is 18.0 Å². The molecule has 4 fully saturated rings. The van der Waals surface area contributed by atoms with Crippen LogP contribution in [0, 0.1) is 23.7 Å². The van der Waals surface area contributed by atoms with Gasteiger partial charge in [-0.2, -0.15) is 18.3 Å². The van der Waals surface area contributed by atoms with Gasteiger partial charge in [0.25, 0.3) is 5.91 Å². The van der Waals surface area contributed by atoms with Crippen molar-refractivity contribution in [2.24, 2.45) is 30.7 Å². The Bertz CT molecular complexity index is 609. The van der Waals surface area contributed by atoms with Crippen molar-refractivity contribution in [2.45, 2.75) is 44.3 Å². The summed E-state index contributed by atoms with van der Waals surface area (Å²) in [6.07, 6.45) is 1.41. The molecule has 5 rings (SSSR count). The highest BCUT2D eigenvalue weighted by Crippen LogP contribution is 2.53. The highest BCUT2D eigenvalue weighted by molar-refractivity contribution is 5.92. The summed E-state index contributed by atoms with van der Waals surface area (Å²) in [6, 6.07) is 0.942. The molecule has 23 heavy (non-hydrogen) atoms. The number of aromatic nitrogens is 2. The lowest BCUT2D eigenvalue weighted by Gasteiger charge is -2.54. The Kier molecular flexibility index (Phi) is 3.25. The zero-order valence-corrected chi connectivity index (χ0v) is 12.9. The zero-order chi connectivity index (χ0) is 16.4. The fraction of sp³-hybridized carbons (Fsp3) is 0.750. The van der Waals surface area contributed by atoms with Crippen molar-refractivity contribution in [1.82, 2.24) is 15.1 Å². The van der Waals surface area contributed by atoms with Gasteiger partial charge >= 0.3 is 6.18 Å². The maximum atomic E-state index is 12.8. The predicted molar refractivity (Wildman–Crippen MR) is 76.5 cm³/mol. The van der Waals surface area contributed by atoms with E-state index in [1.807, 2.05) is 0 Å². The largest absolute Gasteiger partial charge is 0.433 e. The molecule has 1 N–H and O–H groups in total. The Morgan fingerprint density at radius 2 is 1.74 bits per heavy atom. The molecule has 0 radical (unpaired) electrons. The van der Waals surface area contributed by atoms with Crippen molar-refractivity contribution in [3.8, 4) is 0 Å². The number of hydrogen-bond donors (Lipinski definition) is 1. The van der Waals surface area contributed by atoms with Crippen LogP contribution in [-0.2, 0) is 13.2 Å². The maximum Gasteiger partial charge on any atom is 0.433 e. The van der Waals surface area contributed by atoms with Crippen LogP contribution in [-0.4, -0.2) is 21.7 Å². The molecule has 1 heterocycles. The molecule has 0 spiro atoms. The summed E-state index contributed by atoms with van der Waals surface area (Å²) < 4.78 is 39.2. The minimum Gasteiger partial charge on any atom is -0.347 e. The third kappa shape index (κ3) is 2.54. The van der Waals surface area contributed by atoms with E-state index in [1.54, 1.807) is 0 Å². The van der Waals surface area contributed by atoms with E-state index in [2.05, 4.69) is 10.4 Å². The number of halogens is 3. The van der Waals surface area contributed by atoms with Gasteiger partial charge in [-0.1, -0.05) is 0 Å². The third-order valence-corrected chi connectivity index (χ3v) is 5.93. The van der Waals surface area contributed by atoms with Crippen LogP contribution in [0.3, 0.4) is 0 Å². The molecule has 0 saturated heterocycles. The molecule has 1 aromatic heterocycles. The van der Waals surface area contributed by atoms with Crippen LogP contribution in [0.2, 0.25) is 0 Å². The van der Waals surface area contributed by atoms with Crippen LogP contribution in [0.1, 0.15) is 48.3 Å². The van der Waals surface area contributed by atoms with Gasteiger partial charge in [-0.05, 0) is 55.8 Å². The number of nitrogens with zero attached hydrogens (tertiary/aromatic N) is 2. The summed E-state index contributed by atoms with van der Waals surface area (Å²) in [4.78, 5) is 12.4. The Labute approximate surface area is 132 Å². The van der Waals surface area contributed by atoms with E-state index in [0.29, 0.717) is 11.8 Å². The predicted octanol–water partition coefficient (Wildman–Crippen LogP) is 2.99. The Morgan fingerprint density at radius 1 is 1.17 bits per heavy atom. The van der Waals surface area contributed by atoms with Crippen molar-refractivity contribution in [1.29, 1.82) is 0 Å². The molecule has 7 heteroatoms. The molecule has 0 atom stereocenters. The van der Waals surface area contributed by atoms with Crippen molar-refractivity contribution < 1.29 is 18.0 Å². The first-order chi connectivity index (χ1) is 10.8. The highest BCUT2D eigenvalue weighted by atomic mass is 19.4. The Hall–Kier alpha value is -1.53. The first-order valence-corrected chi connectivity index (χ1v) is 8.23. The van der Waals surface area contributed by atoms with Crippen LogP contribution in [0.4, 0.5) is 13.2 Å². The quantitative estimate of drug-likeness (QED) is 0.908. The van der Waals surface area contributed by atoms with Crippen LogP contribution in [0.25, 0.3) is 0 Å². The molecule has 4 bridgehead atoms. The molecule has 1 aromatic rings. The number of aryl methyl sites for hydroxylation is 1. The van der Waals surface area contributed by atoms with Crippen LogP contribution in [0.5, 0.6) is 0 Å². The van der Waals surface area contributed by atoms with Gasteiger partial charge in [-0.15, -0.1) is 0 Å². The lowest BCUT2D eigenvalue weighted by molar-refractivity contribution is -0.143. The van der Waals surface area contributed by atoms with Gasteiger partial charge in [0.2, 0.25) is 0 Å². The second kappa shape index (κ2) is 4.98. The van der Waals surface area contributed by atoms with Gasteiger partial charge in [0.15, 0.2) is 5.69 Å². The average molecular weight is 327 g/mol. The number of rotatable bonds is 2. The van der Waals surface area contributed by atoms with Gasteiger partial charge in [0.1, 0.15) is 5.69 Å². The van der Waals surface area contributed by atoms with Gasteiger partial charge < -0.3 is 5.32 Å². The molecule has 0 aliphatic heterocycles. The van der Waals surface area contributed by atoms with Crippen LogP contribution >= 0.6 is 0 Å². The number of carbonyl (C=O) groups excluding carboxylic acids is 1. The van der Waals surface area contributed by atoms with Gasteiger partial charge in [-0.25, -0.2) is 0 Å². The third-order valence-electron chi connectivity index (χ3n) is 5.93. The summed E-state index contributed by atoms with van der Waals surface area (Å²) in [7, 11) is 1.21. The minimum absolute atomic E-state index is 0.103. The Morgan fingerprint density at radius 3 is 2.22 bits per heavy atom.